The SMILES string of the molecule is CCOc1c(I)cc(/C=C2\C(=O)N(CC(C)C)c3ccccc32)cc1OC. The highest BCUT2D eigenvalue weighted by Crippen LogP contribution is 2.40. The molecule has 1 aliphatic heterocycles. The Balaban J connectivity index is 2.07. The lowest BCUT2D eigenvalue weighted by Crippen LogP contribution is -2.30. The first-order valence-electron chi connectivity index (χ1n) is 9.09. The lowest BCUT2D eigenvalue weighted by molar-refractivity contribution is -0.113. The minimum Gasteiger partial charge on any atom is -0.493 e. The van der Waals surface area contributed by atoms with E-state index in [1.165, 1.54) is 0 Å². The van der Waals surface area contributed by atoms with Crippen molar-refractivity contribution in [2.24, 2.45) is 5.92 Å². The first kappa shape index (κ1) is 19.7. The van der Waals surface area contributed by atoms with Gasteiger partial charge in [0.15, 0.2) is 11.5 Å². The number of amides is 1. The van der Waals surface area contributed by atoms with E-state index in [0.29, 0.717) is 30.4 Å². The molecule has 0 N–H and O–H groups in total. The molecule has 3 rings (SSSR count). The predicted octanol–water partition coefficient (Wildman–Crippen LogP) is 5.24. The average Bonchev–Trinajstić information content (AvgIpc) is 2.89. The smallest absolute Gasteiger partial charge is 0.259 e. The fraction of sp³-hybridized carbons (Fsp3) is 0.318. The van der Waals surface area contributed by atoms with Crippen LogP contribution < -0.4 is 14.4 Å². The first-order chi connectivity index (χ1) is 13.0. The maximum atomic E-state index is 13.1. The van der Waals surface area contributed by atoms with Crippen LogP contribution in [0.4, 0.5) is 5.69 Å². The van der Waals surface area contributed by atoms with Crippen LogP contribution in [0.15, 0.2) is 36.4 Å². The summed E-state index contributed by atoms with van der Waals surface area (Å²) >= 11 is 2.24. The third-order valence-corrected chi connectivity index (χ3v) is 5.16. The van der Waals surface area contributed by atoms with Crippen molar-refractivity contribution in [3.05, 3.63) is 51.1 Å². The molecule has 0 radical (unpaired) electrons. The molecule has 0 atom stereocenters. The Hall–Kier alpha value is -2.02. The summed E-state index contributed by atoms with van der Waals surface area (Å²) in [6.45, 7) is 7.47. The van der Waals surface area contributed by atoms with Crippen molar-refractivity contribution in [2.45, 2.75) is 20.8 Å². The van der Waals surface area contributed by atoms with Crippen LogP contribution in [-0.4, -0.2) is 26.2 Å². The Morgan fingerprint density at radius 2 is 1.96 bits per heavy atom. The molecule has 1 aliphatic rings. The number of anilines is 1. The molecule has 0 aromatic heterocycles. The van der Waals surface area contributed by atoms with Gasteiger partial charge in [-0.25, -0.2) is 0 Å². The summed E-state index contributed by atoms with van der Waals surface area (Å²) in [5.41, 5.74) is 3.60. The number of rotatable bonds is 6. The number of fused-ring (bicyclic) bond motifs is 1. The second kappa shape index (κ2) is 8.33. The van der Waals surface area contributed by atoms with E-state index in [1.54, 1.807) is 7.11 Å². The molecule has 4 nitrogen and oxygen atoms in total. The standard InChI is InChI=1S/C22H24INO3/c1-5-27-21-18(23)11-15(12-20(21)26-4)10-17-16-8-6-7-9-19(16)24(22(17)25)13-14(2)3/h6-12,14H,5,13H2,1-4H3/b17-10-. The van der Waals surface area contributed by atoms with Crippen molar-refractivity contribution in [1.82, 2.24) is 0 Å². The lowest BCUT2D eigenvalue weighted by atomic mass is 10.0. The van der Waals surface area contributed by atoms with Gasteiger partial charge in [-0.15, -0.1) is 0 Å². The normalized spacial score (nSPS) is 14.8. The zero-order valence-corrected chi connectivity index (χ0v) is 18.2. The molecule has 1 amide bonds. The fourth-order valence-corrected chi connectivity index (χ4v) is 4.05. The van der Waals surface area contributed by atoms with Gasteiger partial charge in [0.1, 0.15) is 0 Å². The average molecular weight is 477 g/mol. The van der Waals surface area contributed by atoms with Crippen molar-refractivity contribution in [3.63, 3.8) is 0 Å². The van der Waals surface area contributed by atoms with E-state index in [9.17, 15) is 4.79 Å². The number of methoxy groups -OCH3 is 1. The number of hydrogen-bond acceptors (Lipinski definition) is 3. The van der Waals surface area contributed by atoms with Gasteiger partial charge in [-0.05, 0) is 65.3 Å². The van der Waals surface area contributed by atoms with Gasteiger partial charge in [0.05, 0.1) is 23.0 Å². The largest absolute Gasteiger partial charge is 0.493 e. The molecule has 142 valence electrons. The highest BCUT2D eigenvalue weighted by Gasteiger charge is 2.32. The van der Waals surface area contributed by atoms with E-state index in [1.807, 2.05) is 54.3 Å². The number of halogens is 1. The van der Waals surface area contributed by atoms with Crippen LogP contribution in [0, 0.1) is 9.49 Å². The van der Waals surface area contributed by atoms with Crippen LogP contribution in [0.2, 0.25) is 0 Å². The summed E-state index contributed by atoms with van der Waals surface area (Å²) in [4.78, 5) is 15.0. The van der Waals surface area contributed by atoms with Crippen LogP contribution in [0.3, 0.4) is 0 Å². The van der Waals surface area contributed by atoms with Crippen molar-refractivity contribution in [1.29, 1.82) is 0 Å². The Morgan fingerprint density at radius 1 is 1.22 bits per heavy atom. The molecular weight excluding hydrogens is 453 g/mol. The summed E-state index contributed by atoms with van der Waals surface area (Å²) < 4.78 is 12.1. The van der Waals surface area contributed by atoms with Crippen LogP contribution >= 0.6 is 22.6 Å². The maximum absolute atomic E-state index is 13.1. The number of hydrogen-bond donors (Lipinski definition) is 0. The van der Waals surface area contributed by atoms with Crippen LogP contribution in [0.5, 0.6) is 11.5 Å². The minimum absolute atomic E-state index is 0.0489. The molecule has 0 fully saturated rings. The number of benzene rings is 2. The number of carbonyl (C=O) groups is 1. The fourth-order valence-electron chi connectivity index (χ4n) is 3.27. The lowest BCUT2D eigenvalue weighted by Gasteiger charge is -2.19. The molecule has 0 spiro atoms. The Bertz CT molecular complexity index is 889. The van der Waals surface area contributed by atoms with Gasteiger partial charge >= 0.3 is 0 Å². The summed E-state index contributed by atoms with van der Waals surface area (Å²) in [7, 11) is 1.63. The summed E-state index contributed by atoms with van der Waals surface area (Å²) in [5, 5.41) is 0. The number of para-hydroxylation sites is 1. The van der Waals surface area contributed by atoms with Crippen LogP contribution in [0.1, 0.15) is 31.9 Å². The van der Waals surface area contributed by atoms with Gasteiger partial charge in [0.25, 0.3) is 5.91 Å². The van der Waals surface area contributed by atoms with Crippen molar-refractivity contribution >= 4 is 45.8 Å². The summed E-state index contributed by atoms with van der Waals surface area (Å²) in [5.74, 6) is 1.86. The van der Waals surface area contributed by atoms with Crippen molar-refractivity contribution in [2.75, 3.05) is 25.2 Å². The van der Waals surface area contributed by atoms with Crippen LogP contribution in [0.25, 0.3) is 11.6 Å². The molecule has 2 aromatic carbocycles. The topological polar surface area (TPSA) is 38.8 Å². The molecule has 0 saturated carbocycles. The van der Waals surface area contributed by atoms with Gasteiger partial charge < -0.3 is 14.4 Å². The second-order valence-electron chi connectivity index (χ2n) is 6.85. The second-order valence-corrected chi connectivity index (χ2v) is 8.01. The van der Waals surface area contributed by atoms with E-state index in [4.69, 9.17) is 9.47 Å². The molecule has 0 aliphatic carbocycles. The maximum Gasteiger partial charge on any atom is 0.259 e. The molecule has 5 heteroatoms. The number of carbonyl (C=O) groups excluding carboxylic acids is 1. The van der Waals surface area contributed by atoms with Gasteiger partial charge in [0, 0.05) is 17.7 Å². The molecular formula is C22H24INO3. The zero-order chi connectivity index (χ0) is 19.6. The van der Waals surface area contributed by atoms with Crippen molar-refractivity contribution in [3.8, 4) is 11.5 Å². The summed E-state index contributed by atoms with van der Waals surface area (Å²) in [6.07, 6.45) is 1.95. The van der Waals surface area contributed by atoms with E-state index < -0.39 is 0 Å². The molecule has 0 saturated heterocycles. The first-order valence-corrected chi connectivity index (χ1v) is 10.2. The number of ether oxygens (including phenoxy) is 2. The van der Waals surface area contributed by atoms with E-state index >= 15 is 0 Å². The van der Waals surface area contributed by atoms with Crippen LogP contribution in [-0.2, 0) is 4.79 Å². The third kappa shape index (κ3) is 3.98. The molecule has 0 bridgehead atoms. The Labute approximate surface area is 174 Å². The molecule has 2 aromatic rings. The zero-order valence-electron chi connectivity index (χ0n) is 16.1. The quantitative estimate of drug-likeness (QED) is 0.422. The Kier molecular flexibility index (Phi) is 6.09. The highest BCUT2D eigenvalue weighted by atomic mass is 127. The van der Waals surface area contributed by atoms with Gasteiger partial charge in [0.2, 0.25) is 0 Å². The van der Waals surface area contributed by atoms with E-state index in [-0.39, 0.29) is 5.91 Å². The number of nitrogens with zero attached hydrogens (tertiary/aromatic N) is 1. The predicted molar refractivity (Wildman–Crippen MR) is 118 cm³/mol. The van der Waals surface area contributed by atoms with E-state index in [0.717, 1.165) is 26.1 Å². The van der Waals surface area contributed by atoms with E-state index in [2.05, 4.69) is 36.4 Å². The Morgan fingerprint density at radius 3 is 2.63 bits per heavy atom. The highest BCUT2D eigenvalue weighted by molar-refractivity contribution is 14.1. The van der Waals surface area contributed by atoms with Gasteiger partial charge in [-0.3, -0.25) is 4.79 Å². The monoisotopic (exact) mass is 477 g/mol. The van der Waals surface area contributed by atoms with Crippen molar-refractivity contribution < 1.29 is 14.3 Å². The molecule has 27 heavy (non-hydrogen) atoms. The minimum atomic E-state index is 0.0489. The van der Waals surface area contributed by atoms with Gasteiger partial charge in [-0.1, -0.05) is 32.0 Å². The molecule has 0 unspecified atom stereocenters. The summed E-state index contributed by atoms with van der Waals surface area (Å²) in [6, 6.07) is 11.9. The molecule has 1 heterocycles. The third-order valence-electron chi connectivity index (χ3n) is 4.36. The van der Waals surface area contributed by atoms with Gasteiger partial charge in [-0.2, -0.15) is 0 Å².